The van der Waals surface area contributed by atoms with Gasteiger partial charge in [0, 0.05) is 12.2 Å². The first-order chi connectivity index (χ1) is 9.58. The third-order valence-corrected chi connectivity index (χ3v) is 3.16. The van der Waals surface area contributed by atoms with Crippen LogP contribution >= 0.6 is 0 Å². The van der Waals surface area contributed by atoms with E-state index in [9.17, 15) is 4.79 Å². The third-order valence-electron chi connectivity index (χ3n) is 3.16. The van der Waals surface area contributed by atoms with Gasteiger partial charge < -0.3 is 20.5 Å². The van der Waals surface area contributed by atoms with Gasteiger partial charge in [-0.3, -0.25) is 4.79 Å². The average Bonchev–Trinajstić information content (AvgIpc) is 2.89. The highest BCUT2D eigenvalue weighted by Crippen LogP contribution is 2.21. The van der Waals surface area contributed by atoms with E-state index in [-0.39, 0.29) is 18.1 Å². The minimum atomic E-state index is -0.393. The van der Waals surface area contributed by atoms with Crippen molar-refractivity contribution in [2.45, 2.75) is 45.0 Å². The molecule has 0 spiro atoms. The normalized spacial score (nSPS) is 22.0. The van der Waals surface area contributed by atoms with Gasteiger partial charge in [0.05, 0.1) is 12.2 Å². The Morgan fingerprint density at radius 1 is 1.40 bits per heavy atom. The summed E-state index contributed by atoms with van der Waals surface area (Å²) in [5, 5.41) is 2.85. The number of hydrogen-bond acceptors (Lipinski definition) is 4. The standard InChI is InChI=1S/C15H22N2O3/c1-10(2)19-12-5-3-11(4-6-12)17-15(18)14-8-7-13(9-16)20-14/h3-6,10,13-14H,7-9,16H2,1-2H3,(H,17,18). The summed E-state index contributed by atoms with van der Waals surface area (Å²) in [7, 11) is 0. The van der Waals surface area contributed by atoms with Crippen molar-refractivity contribution < 1.29 is 14.3 Å². The monoisotopic (exact) mass is 278 g/mol. The van der Waals surface area contributed by atoms with Crippen molar-refractivity contribution >= 4 is 11.6 Å². The minimum Gasteiger partial charge on any atom is -0.491 e. The van der Waals surface area contributed by atoms with Crippen LogP contribution in [0, 0.1) is 0 Å². The van der Waals surface area contributed by atoms with Gasteiger partial charge in [-0.1, -0.05) is 0 Å². The van der Waals surface area contributed by atoms with Crippen molar-refractivity contribution in [2.24, 2.45) is 5.73 Å². The fraction of sp³-hybridized carbons (Fsp3) is 0.533. The minimum absolute atomic E-state index is 0.00701. The molecule has 3 N–H and O–H groups in total. The molecule has 5 nitrogen and oxygen atoms in total. The summed E-state index contributed by atoms with van der Waals surface area (Å²) in [4.78, 5) is 12.0. The number of carbonyl (C=O) groups is 1. The average molecular weight is 278 g/mol. The molecule has 1 aromatic rings. The van der Waals surface area contributed by atoms with Gasteiger partial charge in [-0.05, 0) is 51.0 Å². The van der Waals surface area contributed by atoms with Crippen LogP contribution in [0.1, 0.15) is 26.7 Å². The number of benzene rings is 1. The number of nitrogens with one attached hydrogen (secondary N) is 1. The SMILES string of the molecule is CC(C)Oc1ccc(NC(=O)C2CCC(CN)O2)cc1. The van der Waals surface area contributed by atoms with Crippen molar-refractivity contribution in [1.29, 1.82) is 0 Å². The molecule has 0 saturated carbocycles. The van der Waals surface area contributed by atoms with Crippen molar-refractivity contribution in [3.05, 3.63) is 24.3 Å². The highest BCUT2D eigenvalue weighted by molar-refractivity contribution is 5.94. The van der Waals surface area contributed by atoms with Crippen LogP contribution in [-0.4, -0.2) is 30.8 Å². The van der Waals surface area contributed by atoms with Crippen LogP contribution in [0.4, 0.5) is 5.69 Å². The lowest BCUT2D eigenvalue weighted by atomic mass is 10.2. The Morgan fingerprint density at radius 3 is 2.65 bits per heavy atom. The summed E-state index contributed by atoms with van der Waals surface area (Å²) < 4.78 is 11.1. The van der Waals surface area contributed by atoms with Gasteiger partial charge >= 0.3 is 0 Å². The van der Waals surface area contributed by atoms with E-state index < -0.39 is 6.10 Å². The predicted octanol–water partition coefficient (Wildman–Crippen LogP) is 1.92. The van der Waals surface area contributed by atoms with Gasteiger partial charge in [-0.15, -0.1) is 0 Å². The van der Waals surface area contributed by atoms with Gasteiger partial charge in [-0.2, -0.15) is 0 Å². The maximum absolute atomic E-state index is 12.0. The maximum atomic E-state index is 12.0. The molecule has 2 atom stereocenters. The Hall–Kier alpha value is -1.59. The maximum Gasteiger partial charge on any atom is 0.253 e. The molecule has 5 heteroatoms. The fourth-order valence-corrected chi connectivity index (χ4v) is 2.18. The molecule has 1 aliphatic heterocycles. The second-order valence-electron chi connectivity index (χ2n) is 5.24. The highest BCUT2D eigenvalue weighted by atomic mass is 16.5. The van der Waals surface area contributed by atoms with E-state index in [4.69, 9.17) is 15.2 Å². The van der Waals surface area contributed by atoms with Gasteiger partial charge in [0.15, 0.2) is 0 Å². The van der Waals surface area contributed by atoms with E-state index in [1.807, 2.05) is 38.1 Å². The molecule has 2 rings (SSSR count). The Morgan fingerprint density at radius 2 is 2.10 bits per heavy atom. The van der Waals surface area contributed by atoms with Crippen molar-refractivity contribution in [1.82, 2.24) is 0 Å². The summed E-state index contributed by atoms with van der Waals surface area (Å²) >= 11 is 0. The summed E-state index contributed by atoms with van der Waals surface area (Å²) in [5.41, 5.74) is 6.28. The third kappa shape index (κ3) is 3.95. The number of ether oxygens (including phenoxy) is 2. The first kappa shape index (κ1) is 14.8. The van der Waals surface area contributed by atoms with Crippen molar-refractivity contribution in [3.63, 3.8) is 0 Å². The summed E-state index contributed by atoms with van der Waals surface area (Å²) in [6.07, 6.45) is 1.32. The van der Waals surface area contributed by atoms with E-state index >= 15 is 0 Å². The quantitative estimate of drug-likeness (QED) is 0.863. The number of nitrogens with two attached hydrogens (primary N) is 1. The summed E-state index contributed by atoms with van der Waals surface area (Å²) in [5.74, 6) is 0.678. The molecule has 1 fully saturated rings. The van der Waals surface area contributed by atoms with Crippen LogP contribution in [0.3, 0.4) is 0 Å². The topological polar surface area (TPSA) is 73.6 Å². The lowest BCUT2D eigenvalue weighted by molar-refractivity contribution is -0.126. The molecule has 20 heavy (non-hydrogen) atoms. The zero-order chi connectivity index (χ0) is 14.5. The zero-order valence-corrected chi connectivity index (χ0v) is 12.0. The van der Waals surface area contributed by atoms with Crippen LogP contribution in [0.25, 0.3) is 0 Å². The molecule has 110 valence electrons. The molecule has 0 radical (unpaired) electrons. The van der Waals surface area contributed by atoms with E-state index in [1.54, 1.807) is 0 Å². The molecule has 1 aliphatic rings. The highest BCUT2D eigenvalue weighted by Gasteiger charge is 2.29. The molecule has 1 heterocycles. The Kier molecular flexibility index (Phi) is 4.98. The van der Waals surface area contributed by atoms with Crippen LogP contribution in [-0.2, 0) is 9.53 Å². The van der Waals surface area contributed by atoms with E-state index in [0.717, 1.165) is 24.3 Å². The predicted molar refractivity (Wildman–Crippen MR) is 77.8 cm³/mol. The van der Waals surface area contributed by atoms with Crippen LogP contribution in [0.2, 0.25) is 0 Å². The largest absolute Gasteiger partial charge is 0.491 e. The summed E-state index contributed by atoms with van der Waals surface area (Å²) in [6.45, 7) is 4.41. The number of amides is 1. The summed E-state index contributed by atoms with van der Waals surface area (Å²) in [6, 6.07) is 7.33. The molecular formula is C15H22N2O3. The van der Waals surface area contributed by atoms with E-state index in [2.05, 4.69) is 5.32 Å². The fourth-order valence-electron chi connectivity index (χ4n) is 2.18. The molecule has 0 aliphatic carbocycles. The van der Waals surface area contributed by atoms with Gasteiger partial charge in [0.25, 0.3) is 5.91 Å². The van der Waals surface area contributed by atoms with Crippen LogP contribution in [0.15, 0.2) is 24.3 Å². The lowest BCUT2D eigenvalue weighted by Gasteiger charge is -2.13. The van der Waals surface area contributed by atoms with Crippen LogP contribution in [0.5, 0.6) is 5.75 Å². The van der Waals surface area contributed by atoms with Gasteiger partial charge in [-0.25, -0.2) is 0 Å². The number of rotatable bonds is 5. The molecule has 1 saturated heterocycles. The second kappa shape index (κ2) is 6.72. The van der Waals surface area contributed by atoms with E-state index in [1.165, 1.54) is 0 Å². The number of anilines is 1. The smallest absolute Gasteiger partial charge is 0.253 e. The molecule has 2 unspecified atom stereocenters. The van der Waals surface area contributed by atoms with Crippen LogP contribution < -0.4 is 15.8 Å². The number of hydrogen-bond donors (Lipinski definition) is 2. The Balaban J connectivity index is 1.88. The molecular weight excluding hydrogens is 256 g/mol. The van der Waals surface area contributed by atoms with Crippen molar-refractivity contribution in [2.75, 3.05) is 11.9 Å². The van der Waals surface area contributed by atoms with E-state index in [0.29, 0.717) is 6.54 Å². The molecule has 1 aromatic carbocycles. The van der Waals surface area contributed by atoms with Crippen molar-refractivity contribution in [3.8, 4) is 5.75 Å². The van der Waals surface area contributed by atoms with Gasteiger partial charge in [0.1, 0.15) is 11.9 Å². The Bertz CT molecular complexity index is 445. The van der Waals surface area contributed by atoms with Gasteiger partial charge in [0.2, 0.25) is 0 Å². The zero-order valence-electron chi connectivity index (χ0n) is 12.0. The number of carbonyl (C=O) groups excluding carboxylic acids is 1. The molecule has 0 bridgehead atoms. The molecule has 0 aromatic heterocycles. The Labute approximate surface area is 119 Å². The first-order valence-corrected chi connectivity index (χ1v) is 7.01. The molecule has 1 amide bonds. The lowest BCUT2D eigenvalue weighted by Crippen LogP contribution is -2.29. The second-order valence-corrected chi connectivity index (χ2v) is 5.24. The first-order valence-electron chi connectivity index (χ1n) is 7.01.